The molecule has 0 aliphatic rings. The highest BCUT2D eigenvalue weighted by atomic mass is 16.5. The zero-order valence-corrected chi connectivity index (χ0v) is 9.73. The quantitative estimate of drug-likeness (QED) is 0.854. The first kappa shape index (κ1) is 11.0. The van der Waals surface area contributed by atoms with Gasteiger partial charge in [0.05, 0.1) is 7.11 Å². The van der Waals surface area contributed by atoms with Crippen LogP contribution < -0.4 is 10.5 Å². The Morgan fingerprint density at radius 3 is 2.44 bits per heavy atom. The van der Waals surface area contributed by atoms with E-state index in [0.717, 1.165) is 17.6 Å². The summed E-state index contributed by atoms with van der Waals surface area (Å²) in [5.41, 5.74) is 7.14. The minimum Gasteiger partial charge on any atom is -0.496 e. The van der Waals surface area contributed by atoms with Crippen molar-refractivity contribution < 1.29 is 4.74 Å². The molecule has 0 unspecified atom stereocenters. The summed E-state index contributed by atoms with van der Waals surface area (Å²) < 4.78 is 5.36. The zero-order chi connectivity index (χ0) is 11.5. The van der Waals surface area contributed by atoms with Gasteiger partial charge in [0, 0.05) is 11.4 Å². The number of fused-ring (bicyclic) bond motifs is 1. The molecular weight excluding hydrogens is 198 g/mol. The standard InChI is InChI=1S/C14H17NO/c1-10(15)9-11-7-8-14(16-2)13-6-4-3-5-12(11)13/h3-8,10H,9,15H2,1-2H3/t10-/m0/s1. The van der Waals surface area contributed by atoms with Crippen LogP contribution in [0.1, 0.15) is 12.5 Å². The Morgan fingerprint density at radius 1 is 1.12 bits per heavy atom. The maximum Gasteiger partial charge on any atom is 0.126 e. The summed E-state index contributed by atoms with van der Waals surface area (Å²) in [6.45, 7) is 2.03. The fourth-order valence-electron chi connectivity index (χ4n) is 2.04. The summed E-state index contributed by atoms with van der Waals surface area (Å²) >= 11 is 0. The summed E-state index contributed by atoms with van der Waals surface area (Å²) in [4.78, 5) is 0. The molecule has 84 valence electrons. The van der Waals surface area contributed by atoms with Crippen LogP contribution in [0.2, 0.25) is 0 Å². The van der Waals surface area contributed by atoms with Gasteiger partial charge in [-0.05, 0) is 30.4 Å². The second-order valence-corrected chi connectivity index (χ2v) is 4.15. The van der Waals surface area contributed by atoms with Crippen molar-refractivity contribution in [2.24, 2.45) is 5.73 Å². The number of hydrogen-bond donors (Lipinski definition) is 1. The van der Waals surface area contributed by atoms with Crippen molar-refractivity contribution >= 4 is 10.8 Å². The Hall–Kier alpha value is -1.54. The van der Waals surface area contributed by atoms with Crippen LogP contribution in [0, 0.1) is 0 Å². The van der Waals surface area contributed by atoms with E-state index in [0.29, 0.717) is 0 Å². The minimum absolute atomic E-state index is 0.178. The topological polar surface area (TPSA) is 35.2 Å². The Morgan fingerprint density at radius 2 is 1.81 bits per heavy atom. The second-order valence-electron chi connectivity index (χ2n) is 4.15. The predicted molar refractivity (Wildman–Crippen MR) is 67.9 cm³/mol. The molecule has 16 heavy (non-hydrogen) atoms. The van der Waals surface area contributed by atoms with Gasteiger partial charge >= 0.3 is 0 Å². The largest absolute Gasteiger partial charge is 0.496 e. The van der Waals surface area contributed by atoms with Crippen LogP contribution in [0.3, 0.4) is 0 Å². The molecule has 2 aromatic rings. The molecule has 0 fully saturated rings. The molecule has 1 atom stereocenters. The lowest BCUT2D eigenvalue weighted by atomic mass is 9.99. The van der Waals surface area contributed by atoms with Crippen LogP contribution >= 0.6 is 0 Å². The molecule has 0 amide bonds. The van der Waals surface area contributed by atoms with Gasteiger partial charge in [-0.1, -0.05) is 30.3 Å². The summed E-state index contributed by atoms with van der Waals surface area (Å²) in [6.07, 6.45) is 0.893. The third kappa shape index (κ3) is 2.02. The van der Waals surface area contributed by atoms with Crippen LogP contribution in [-0.2, 0) is 6.42 Å². The lowest BCUT2D eigenvalue weighted by molar-refractivity contribution is 0.419. The molecule has 2 N–H and O–H groups in total. The van der Waals surface area contributed by atoms with Crippen molar-refractivity contribution in [1.29, 1.82) is 0 Å². The summed E-state index contributed by atoms with van der Waals surface area (Å²) in [6, 6.07) is 12.6. The smallest absolute Gasteiger partial charge is 0.126 e. The average molecular weight is 215 g/mol. The highest BCUT2D eigenvalue weighted by Gasteiger charge is 2.06. The van der Waals surface area contributed by atoms with Gasteiger partial charge in [-0.15, -0.1) is 0 Å². The summed E-state index contributed by atoms with van der Waals surface area (Å²) in [7, 11) is 1.70. The van der Waals surface area contributed by atoms with Gasteiger partial charge in [0.2, 0.25) is 0 Å². The first-order valence-corrected chi connectivity index (χ1v) is 5.52. The molecule has 2 aromatic carbocycles. The van der Waals surface area contributed by atoms with Gasteiger partial charge in [0.25, 0.3) is 0 Å². The molecule has 0 spiro atoms. The van der Waals surface area contributed by atoms with Crippen LogP contribution in [0.5, 0.6) is 5.75 Å². The number of hydrogen-bond acceptors (Lipinski definition) is 2. The number of ether oxygens (including phenoxy) is 1. The van der Waals surface area contributed by atoms with Crippen LogP contribution in [-0.4, -0.2) is 13.2 Å². The van der Waals surface area contributed by atoms with Gasteiger partial charge in [-0.2, -0.15) is 0 Å². The fraction of sp³-hybridized carbons (Fsp3) is 0.286. The van der Waals surface area contributed by atoms with Gasteiger partial charge < -0.3 is 10.5 Å². The van der Waals surface area contributed by atoms with E-state index in [9.17, 15) is 0 Å². The van der Waals surface area contributed by atoms with E-state index in [4.69, 9.17) is 10.5 Å². The molecule has 2 heteroatoms. The number of benzene rings is 2. The zero-order valence-electron chi connectivity index (χ0n) is 9.73. The maximum atomic E-state index is 5.85. The first-order chi connectivity index (χ1) is 7.72. The van der Waals surface area contributed by atoms with Crippen LogP contribution in [0.4, 0.5) is 0 Å². The van der Waals surface area contributed by atoms with E-state index in [1.165, 1.54) is 10.9 Å². The fourth-order valence-corrected chi connectivity index (χ4v) is 2.04. The van der Waals surface area contributed by atoms with Gasteiger partial charge in [0.15, 0.2) is 0 Å². The number of rotatable bonds is 3. The molecule has 2 rings (SSSR count). The van der Waals surface area contributed by atoms with Crippen molar-refractivity contribution in [3.8, 4) is 5.75 Å². The average Bonchev–Trinajstić information content (AvgIpc) is 2.29. The van der Waals surface area contributed by atoms with Gasteiger partial charge in [-0.3, -0.25) is 0 Å². The third-order valence-electron chi connectivity index (χ3n) is 2.74. The minimum atomic E-state index is 0.178. The van der Waals surface area contributed by atoms with Crippen molar-refractivity contribution in [2.45, 2.75) is 19.4 Å². The molecule has 0 aliphatic heterocycles. The van der Waals surface area contributed by atoms with Crippen molar-refractivity contribution in [3.05, 3.63) is 42.0 Å². The van der Waals surface area contributed by atoms with E-state index in [2.05, 4.69) is 18.2 Å². The van der Waals surface area contributed by atoms with Crippen molar-refractivity contribution in [3.63, 3.8) is 0 Å². The molecule has 0 bridgehead atoms. The number of methoxy groups -OCH3 is 1. The monoisotopic (exact) mass is 215 g/mol. The predicted octanol–water partition coefficient (Wildman–Crippen LogP) is 2.74. The van der Waals surface area contributed by atoms with Crippen molar-refractivity contribution in [1.82, 2.24) is 0 Å². The highest BCUT2D eigenvalue weighted by Crippen LogP contribution is 2.28. The SMILES string of the molecule is COc1ccc(C[C@H](C)N)c2ccccc12. The normalized spacial score (nSPS) is 12.7. The molecule has 0 heterocycles. The molecule has 0 saturated carbocycles. The molecule has 0 aliphatic carbocycles. The van der Waals surface area contributed by atoms with Crippen LogP contribution in [0.25, 0.3) is 10.8 Å². The Labute approximate surface area is 96.0 Å². The Balaban J connectivity index is 2.60. The van der Waals surface area contributed by atoms with E-state index in [1.54, 1.807) is 7.11 Å². The van der Waals surface area contributed by atoms with Gasteiger partial charge in [-0.25, -0.2) is 0 Å². The van der Waals surface area contributed by atoms with E-state index in [-0.39, 0.29) is 6.04 Å². The van der Waals surface area contributed by atoms with E-state index >= 15 is 0 Å². The summed E-state index contributed by atoms with van der Waals surface area (Å²) in [5.74, 6) is 0.920. The van der Waals surface area contributed by atoms with E-state index < -0.39 is 0 Å². The van der Waals surface area contributed by atoms with Crippen LogP contribution in [0.15, 0.2) is 36.4 Å². The first-order valence-electron chi connectivity index (χ1n) is 5.52. The number of nitrogens with two attached hydrogens (primary N) is 1. The highest BCUT2D eigenvalue weighted by molar-refractivity contribution is 5.91. The molecular formula is C14H17NO. The Kier molecular flexibility index (Phi) is 3.11. The van der Waals surface area contributed by atoms with E-state index in [1.807, 2.05) is 25.1 Å². The second kappa shape index (κ2) is 4.54. The molecule has 0 aromatic heterocycles. The Bertz CT molecular complexity index is 491. The molecule has 0 radical (unpaired) electrons. The third-order valence-corrected chi connectivity index (χ3v) is 2.74. The maximum absolute atomic E-state index is 5.85. The lowest BCUT2D eigenvalue weighted by Gasteiger charge is -2.11. The van der Waals surface area contributed by atoms with Crippen molar-refractivity contribution in [2.75, 3.05) is 7.11 Å². The molecule has 0 saturated heterocycles. The van der Waals surface area contributed by atoms with Gasteiger partial charge in [0.1, 0.15) is 5.75 Å². The lowest BCUT2D eigenvalue weighted by Crippen LogP contribution is -2.17. The molecule has 2 nitrogen and oxygen atoms in total. The summed E-state index contributed by atoms with van der Waals surface area (Å²) in [5, 5.41) is 2.39.